The fourth-order valence-electron chi connectivity index (χ4n) is 1.29. The first-order valence-electron chi connectivity index (χ1n) is 3.62. The molecular formula is C8H6ClNO2S. The quantitative estimate of drug-likeness (QED) is 0.663. The van der Waals surface area contributed by atoms with Crippen molar-refractivity contribution in [3.63, 3.8) is 0 Å². The van der Waals surface area contributed by atoms with Gasteiger partial charge in [0.15, 0.2) is 0 Å². The lowest BCUT2D eigenvalue weighted by Gasteiger charge is -1.97. The van der Waals surface area contributed by atoms with Gasteiger partial charge in [0.05, 0.1) is 10.6 Å². The molecule has 3 nitrogen and oxygen atoms in total. The van der Waals surface area contributed by atoms with Gasteiger partial charge >= 0.3 is 0 Å². The molecule has 0 amide bonds. The summed E-state index contributed by atoms with van der Waals surface area (Å²) in [6, 6.07) is 4.64. The molecule has 0 aromatic heterocycles. The lowest BCUT2D eigenvalue weighted by molar-refractivity contribution is 0.599. The summed E-state index contributed by atoms with van der Waals surface area (Å²) in [4.78, 5) is 0.245. The topological polar surface area (TPSA) is 46.5 Å². The van der Waals surface area contributed by atoms with Gasteiger partial charge in [0.1, 0.15) is 0 Å². The summed E-state index contributed by atoms with van der Waals surface area (Å²) in [5.41, 5.74) is 1.10. The molecule has 0 saturated heterocycles. The van der Waals surface area contributed by atoms with Crippen molar-refractivity contribution in [2.75, 3.05) is 0 Å². The van der Waals surface area contributed by atoms with Crippen LogP contribution in [0.3, 0.4) is 0 Å². The third-order valence-corrected chi connectivity index (χ3v) is 3.53. The molecule has 13 heavy (non-hydrogen) atoms. The van der Waals surface area contributed by atoms with Gasteiger partial charge in [-0.05, 0) is 25.1 Å². The molecule has 2 rings (SSSR count). The second kappa shape index (κ2) is 2.56. The first-order valence-corrected chi connectivity index (χ1v) is 5.44. The predicted octanol–water partition coefficient (Wildman–Crippen LogP) is 1.85. The Balaban J connectivity index is 2.82. The van der Waals surface area contributed by atoms with Gasteiger partial charge in [-0.15, -0.1) is 0 Å². The Labute approximate surface area is 81.1 Å². The van der Waals surface area contributed by atoms with E-state index in [2.05, 4.69) is 4.40 Å². The van der Waals surface area contributed by atoms with Crippen LogP contribution in [0.1, 0.15) is 12.5 Å². The number of hydrogen-bond acceptors (Lipinski definition) is 2. The lowest BCUT2D eigenvalue weighted by atomic mass is 10.1. The molecule has 0 N–H and O–H groups in total. The number of rotatable bonds is 0. The normalized spacial score (nSPS) is 18.2. The maximum Gasteiger partial charge on any atom is 0.283 e. The predicted molar refractivity (Wildman–Crippen MR) is 50.8 cm³/mol. The van der Waals surface area contributed by atoms with E-state index in [9.17, 15) is 8.42 Å². The smallest absolute Gasteiger partial charge is 0.199 e. The standard InChI is InChI=1S/C8H6ClNO2S/c1-5-7-4-6(9)2-3-8(7)13(11,12)10-5/h2-4H,1H3. The summed E-state index contributed by atoms with van der Waals surface area (Å²) in [5.74, 6) is 0. The van der Waals surface area contributed by atoms with Crippen LogP contribution >= 0.6 is 11.6 Å². The van der Waals surface area contributed by atoms with Crippen molar-refractivity contribution in [2.45, 2.75) is 11.8 Å². The Hall–Kier alpha value is -0.870. The molecule has 1 heterocycles. The largest absolute Gasteiger partial charge is 0.283 e. The van der Waals surface area contributed by atoms with Crippen molar-refractivity contribution in [3.05, 3.63) is 28.8 Å². The van der Waals surface area contributed by atoms with Crippen LogP contribution in [0.2, 0.25) is 5.02 Å². The average Bonchev–Trinajstić information content (AvgIpc) is 2.22. The zero-order valence-electron chi connectivity index (χ0n) is 6.78. The van der Waals surface area contributed by atoms with Gasteiger partial charge in [-0.25, -0.2) is 0 Å². The maximum absolute atomic E-state index is 11.3. The summed E-state index contributed by atoms with van der Waals surface area (Å²) in [7, 11) is -3.44. The van der Waals surface area contributed by atoms with E-state index < -0.39 is 10.0 Å². The fourth-order valence-corrected chi connectivity index (χ4v) is 2.74. The second-order valence-electron chi connectivity index (χ2n) is 2.79. The monoisotopic (exact) mass is 215 g/mol. The van der Waals surface area contributed by atoms with Gasteiger partial charge in [-0.3, -0.25) is 0 Å². The Morgan fingerprint density at radius 3 is 2.77 bits per heavy atom. The molecule has 0 bridgehead atoms. The highest BCUT2D eigenvalue weighted by Gasteiger charge is 2.25. The van der Waals surface area contributed by atoms with Crippen LogP contribution in [0, 0.1) is 0 Å². The van der Waals surface area contributed by atoms with Crippen LogP contribution in [-0.4, -0.2) is 14.1 Å². The van der Waals surface area contributed by atoms with Crippen molar-refractivity contribution >= 4 is 27.3 Å². The third kappa shape index (κ3) is 1.26. The van der Waals surface area contributed by atoms with E-state index >= 15 is 0 Å². The maximum atomic E-state index is 11.3. The van der Waals surface area contributed by atoms with Gasteiger partial charge in [-0.2, -0.15) is 12.8 Å². The molecule has 0 unspecified atom stereocenters. The molecule has 1 aromatic rings. The summed E-state index contributed by atoms with van der Waals surface area (Å²) in [6.45, 7) is 1.65. The van der Waals surface area contributed by atoms with Crippen molar-refractivity contribution in [2.24, 2.45) is 4.40 Å². The minimum Gasteiger partial charge on any atom is -0.199 e. The van der Waals surface area contributed by atoms with E-state index in [1.165, 1.54) is 6.07 Å². The number of sulfonamides is 1. The Kier molecular flexibility index (Phi) is 1.72. The molecule has 0 spiro atoms. The SMILES string of the molecule is CC1=NS(=O)(=O)c2ccc(Cl)cc21. The zero-order chi connectivity index (χ0) is 9.64. The summed E-state index contributed by atoms with van der Waals surface area (Å²) >= 11 is 5.73. The van der Waals surface area contributed by atoms with Crippen LogP contribution in [-0.2, 0) is 10.0 Å². The highest BCUT2D eigenvalue weighted by molar-refractivity contribution is 7.90. The van der Waals surface area contributed by atoms with Gasteiger partial charge in [0.25, 0.3) is 10.0 Å². The van der Waals surface area contributed by atoms with E-state index in [-0.39, 0.29) is 4.90 Å². The molecular weight excluding hydrogens is 210 g/mol. The van der Waals surface area contributed by atoms with E-state index in [1.54, 1.807) is 19.1 Å². The molecule has 0 saturated carbocycles. The van der Waals surface area contributed by atoms with E-state index in [4.69, 9.17) is 11.6 Å². The average molecular weight is 216 g/mol. The molecule has 0 atom stereocenters. The number of halogens is 1. The van der Waals surface area contributed by atoms with Crippen LogP contribution in [0.5, 0.6) is 0 Å². The summed E-state index contributed by atoms with van der Waals surface area (Å²) in [6.07, 6.45) is 0. The molecule has 1 aliphatic heterocycles. The molecule has 0 fully saturated rings. The number of hydrogen-bond donors (Lipinski definition) is 0. The first-order chi connectivity index (χ1) is 6.00. The molecule has 1 aromatic carbocycles. The van der Waals surface area contributed by atoms with Crippen LogP contribution in [0.4, 0.5) is 0 Å². The highest BCUT2D eigenvalue weighted by Crippen LogP contribution is 2.28. The van der Waals surface area contributed by atoms with Gasteiger partial charge in [-0.1, -0.05) is 11.6 Å². The minimum absolute atomic E-state index is 0.245. The van der Waals surface area contributed by atoms with Gasteiger partial charge in [0, 0.05) is 10.6 Å². The Morgan fingerprint density at radius 1 is 1.38 bits per heavy atom. The Morgan fingerprint density at radius 2 is 2.08 bits per heavy atom. The fraction of sp³-hybridized carbons (Fsp3) is 0.125. The van der Waals surface area contributed by atoms with E-state index in [0.717, 1.165) is 0 Å². The van der Waals surface area contributed by atoms with Gasteiger partial charge < -0.3 is 0 Å². The minimum atomic E-state index is -3.44. The number of nitrogens with zero attached hydrogens (tertiary/aromatic N) is 1. The first kappa shape index (κ1) is 8.72. The van der Waals surface area contributed by atoms with Crippen molar-refractivity contribution in [1.29, 1.82) is 0 Å². The molecule has 1 aliphatic rings. The molecule has 0 aliphatic carbocycles. The summed E-state index contributed by atoms with van der Waals surface area (Å²) < 4.78 is 26.2. The van der Waals surface area contributed by atoms with Crippen molar-refractivity contribution < 1.29 is 8.42 Å². The van der Waals surface area contributed by atoms with Crippen LogP contribution in [0.15, 0.2) is 27.5 Å². The molecule has 68 valence electrons. The zero-order valence-corrected chi connectivity index (χ0v) is 8.35. The van der Waals surface area contributed by atoms with E-state index in [0.29, 0.717) is 16.3 Å². The Bertz CT molecular complexity index is 505. The second-order valence-corrected chi connectivity index (χ2v) is 4.80. The number of benzene rings is 1. The van der Waals surface area contributed by atoms with Crippen molar-refractivity contribution in [3.8, 4) is 0 Å². The van der Waals surface area contributed by atoms with Gasteiger partial charge in [0.2, 0.25) is 0 Å². The number of fused-ring (bicyclic) bond motifs is 1. The molecule has 0 radical (unpaired) electrons. The van der Waals surface area contributed by atoms with Crippen molar-refractivity contribution in [1.82, 2.24) is 0 Å². The summed E-state index contributed by atoms with van der Waals surface area (Å²) in [5, 5.41) is 0.519. The van der Waals surface area contributed by atoms with Crippen LogP contribution in [0.25, 0.3) is 0 Å². The highest BCUT2D eigenvalue weighted by atomic mass is 35.5. The molecule has 5 heteroatoms. The van der Waals surface area contributed by atoms with Crippen LogP contribution < -0.4 is 0 Å². The third-order valence-electron chi connectivity index (χ3n) is 1.87. The lowest BCUT2D eigenvalue weighted by Crippen LogP contribution is -1.93. The van der Waals surface area contributed by atoms with E-state index in [1.807, 2.05) is 0 Å².